The van der Waals surface area contributed by atoms with Crippen molar-refractivity contribution in [1.82, 2.24) is 9.03 Å². The average Bonchev–Trinajstić information content (AvgIpc) is 3.17. The largest absolute Gasteiger partial charge is 0.242 e. The van der Waals surface area contributed by atoms with Crippen molar-refractivity contribution in [2.45, 2.75) is 48.4 Å². The van der Waals surface area contributed by atoms with E-state index < -0.39 is 20.0 Å². The SMILES string of the molecule is C[C@H](NS(=O)(=O)c1ccc(S(=O)(=O)N(C)C)cc1)[C@H]1C[C@H]2CC[C@H]1C2. The van der Waals surface area contributed by atoms with E-state index in [0.29, 0.717) is 11.8 Å². The Morgan fingerprint density at radius 3 is 2.08 bits per heavy atom. The molecule has 4 atom stereocenters. The molecule has 6 nitrogen and oxygen atoms in total. The minimum absolute atomic E-state index is 0.0811. The van der Waals surface area contributed by atoms with Gasteiger partial charge in [0.25, 0.3) is 0 Å². The van der Waals surface area contributed by atoms with Crippen LogP contribution >= 0.6 is 0 Å². The van der Waals surface area contributed by atoms with E-state index in [4.69, 9.17) is 0 Å². The van der Waals surface area contributed by atoms with Crippen LogP contribution in [0, 0.1) is 17.8 Å². The molecule has 0 radical (unpaired) electrons. The highest BCUT2D eigenvalue weighted by Gasteiger charge is 2.42. The smallest absolute Gasteiger partial charge is 0.208 e. The normalized spacial score (nSPS) is 27.8. The lowest BCUT2D eigenvalue weighted by Crippen LogP contribution is -2.40. The summed E-state index contributed by atoms with van der Waals surface area (Å²) >= 11 is 0. The van der Waals surface area contributed by atoms with Gasteiger partial charge in [0, 0.05) is 20.1 Å². The van der Waals surface area contributed by atoms with Gasteiger partial charge in [-0.1, -0.05) is 6.42 Å². The topological polar surface area (TPSA) is 83.5 Å². The molecule has 2 aliphatic rings. The first-order valence-corrected chi connectivity index (χ1v) is 11.6. The monoisotopic (exact) mass is 386 g/mol. The van der Waals surface area contributed by atoms with E-state index in [1.54, 1.807) is 0 Å². The number of nitrogens with one attached hydrogen (secondary N) is 1. The Hall–Kier alpha value is -0.960. The third kappa shape index (κ3) is 3.63. The first-order chi connectivity index (χ1) is 11.6. The minimum Gasteiger partial charge on any atom is -0.208 e. The molecule has 2 saturated carbocycles. The Labute approximate surface area is 150 Å². The van der Waals surface area contributed by atoms with E-state index in [-0.39, 0.29) is 15.8 Å². The number of nitrogens with zero attached hydrogens (tertiary/aromatic N) is 1. The molecular weight excluding hydrogens is 360 g/mol. The molecule has 0 amide bonds. The molecule has 25 heavy (non-hydrogen) atoms. The second kappa shape index (κ2) is 6.64. The summed E-state index contributed by atoms with van der Waals surface area (Å²) in [5.41, 5.74) is 0. The number of hydrogen-bond donors (Lipinski definition) is 1. The van der Waals surface area contributed by atoms with Crippen molar-refractivity contribution in [3.05, 3.63) is 24.3 Å². The van der Waals surface area contributed by atoms with Crippen LogP contribution in [0.1, 0.15) is 32.6 Å². The lowest BCUT2D eigenvalue weighted by atomic mass is 9.84. The van der Waals surface area contributed by atoms with Crippen molar-refractivity contribution in [1.29, 1.82) is 0 Å². The molecular formula is C17H26N2O4S2. The number of hydrogen-bond acceptors (Lipinski definition) is 4. The van der Waals surface area contributed by atoms with Crippen LogP contribution < -0.4 is 4.72 Å². The first-order valence-electron chi connectivity index (χ1n) is 8.66. The van der Waals surface area contributed by atoms with Crippen molar-refractivity contribution >= 4 is 20.0 Å². The van der Waals surface area contributed by atoms with E-state index >= 15 is 0 Å². The fraction of sp³-hybridized carbons (Fsp3) is 0.647. The van der Waals surface area contributed by atoms with Gasteiger partial charge in [0.05, 0.1) is 9.79 Å². The van der Waals surface area contributed by atoms with Gasteiger partial charge < -0.3 is 0 Å². The lowest BCUT2D eigenvalue weighted by Gasteiger charge is -2.28. The zero-order valence-corrected chi connectivity index (χ0v) is 16.5. The zero-order valence-electron chi connectivity index (χ0n) is 14.8. The van der Waals surface area contributed by atoms with Gasteiger partial charge in [-0.15, -0.1) is 0 Å². The molecule has 1 aromatic carbocycles. The van der Waals surface area contributed by atoms with Crippen molar-refractivity contribution in [2.24, 2.45) is 17.8 Å². The predicted octanol–water partition coefficient (Wildman–Crippen LogP) is 2.04. The zero-order chi connectivity index (χ0) is 18.4. The summed E-state index contributed by atoms with van der Waals surface area (Å²) < 4.78 is 53.3. The second-order valence-electron chi connectivity index (χ2n) is 7.51. The molecule has 0 heterocycles. The third-order valence-corrected chi connectivity index (χ3v) is 9.09. The molecule has 2 fully saturated rings. The highest BCUT2D eigenvalue weighted by atomic mass is 32.2. The van der Waals surface area contributed by atoms with Crippen molar-refractivity contribution in [2.75, 3.05) is 14.1 Å². The maximum Gasteiger partial charge on any atom is 0.242 e. The highest BCUT2D eigenvalue weighted by molar-refractivity contribution is 7.89. The summed E-state index contributed by atoms with van der Waals surface area (Å²) in [6, 6.07) is 5.28. The summed E-state index contributed by atoms with van der Waals surface area (Å²) in [6.07, 6.45) is 4.82. The average molecular weight is 387 g/mol. The Kier molecular flexibility index (Phi) is 5.00. The van der Waals surface area contributed by atoms with Gasteiger partial charge >= 0.3 is 0 Å². The molecule has 2 aliphatic carbocycles. The van der Waals surface area contributed by atoms with Crippen LogP contribution in [0.25, 0.3) is 0 Å². The van der Waals surface area contributed by atoms with E-state index in [0.717, 1.165) is 16.6 Å². The van der Waals surface area contributed by atoms with Crippen molar-refractivity contribution < 1.29 is 16.8 Å². The van der Waals surface area contributed by atoms with Crippen molar-refractivity contribution in [3.8, 4) is 0 Å². The first kappa shape index (κ1) is 18.8. The summed E-state index contributed by atoms with van der Waals surface area (Å²) in [5.74, 6) is 1.80. The van der Waals surface area contributed by atoms with Crippen LogP contribution in [-0.4, -0.2) is 41.3 Å². The molecule has 3 rings (SSSR count). The van der Waals surface area contributed by atoms with Crippen LogP contribution in [0.5, 0.6) is 0 Å². The summed E-state index contributed by atoms with van der Waals surface area (Å²) in [4.78, 5) is 0.179. The van der Waals surface area contributed by atoms with Crippen LogP contribution in [0.2, 0.25) is 0 Å². The number of sulfonamides is 2. The molecule has 0 aliphatic heterocycles. The van der Waals surface area contributed by atoms with Crippen molar-refractivity contribution in [3.63, 3.8) is 0 Å². The second-order valence-corrected chi connectivity index (χ2v) is 11.4. The molecule has 0 spiro atoms. The van der Waals surface area contributed by atoms with Gasteiger partial charge in [-0.3, -0.25) is 0 Å². The number of rotatable bonds is 6. The third-order valence-electron chi connectivity index (χ3n) is 5.69. The minimum atomic E-state index is -3.65. The summed E-state index contributed by atoms with van der Waals surface area (Å²) in [7, 11) is -4.33. The fourth-order valence-corrected chi connectivity index (χ4v) is 6.50. The molecule has 0 aromatic heterocycles. The Morgan fingerprint density at radius 2 is 1.60 bits per heavy atom. The fourth-order valence-electron chi connectivity index (χ4n) is 4.31. The maximum absolute atomic E-state index is 12.6. The standard InChI is InChI=1S/C17H26N2O4S2/c1-12(17-11-13-4-5-14(17)10-13)18-24(20,21)15-6-8-16(9-7-15)25(22,23)19(2)3/h6-9,12-14,17-18H,4-5,10-11H2,1-3H3/t12-,13-,14-,17+/m0/s1. The number of fused-ring (bicyclic) bond motifs is 2. The van der Waals surface area contributed by atoms with Crippen LogP contribution in [-0.2, 0) is 20.0 Å². The van der Waals surface area contributed by atoms with Crippen LogP contribution in [0.3, 0.4) is 0 Å². The van der Waals surface area contributed by atoms with Gasteiger partial charge in [-0.05, 0) is 68.2 Å². The molecule has 1 N–H and O–H groups in total. The van der Waals surface area contributed by atoms with Gasteiger partial charge in [0.15, 0.2) is 0 Å². The van der Waals surface area contributed by atoms with E-state index in [2.05, 4.69) is 4.72 Å². The predicted molar refractivity (Wildman–Crippen MR) is 96.0 cm³/mol. The quantitative estimate of drug-likeness (QED) is 0.811. The molecule has 1 aromatic rings. The molecule has 140 valence electrons. The van der Waals surface area contributed by atoms with Gasteiger partial charge in [0.2, 0.25) is 20.0 Å². The van der Waals surface area contributed by atoms with Crippen LogP contribution in [0.15, 0.2) is 34.1 Å². The summed E-state index contributed by atoms with van der Waals surface area (Å²) in [6.45, 7) is 1.94. The Morgan fingerprint density at radius 1 is 1.00 bits per heavy atom. The maximum atomic E-state index is 12.6. The Balaban J connectivity index is 1.74. The van der Waals surface area contributed by atoms with Gasteiger partial charge in [-0.25, -0.2) is 25.9 Å². The van der Waals surface area contributed by atoms with Gasteiger partial charge in [0.1, 0.15) is 0 Å². The van der Waals surface area contributed by atoms with E-state index in [1.807, 2.05) is 6.92 Å². The number of benzene rings is 1. The van der Waals surface area contributed by atoms with E-state index in [9.17, 15) is 16.8 Å². The van der Waals surface area contributed by atoms with E-state index in [1.165, 1.54) is 57.6 Å². The molecule has 0 unspecified atom stereocenters. The van der Waals surface area contributed by atoms with Gasteiger partial charge in [-0.2, -0.15) is 0 Å². The molecule has 0 saturated heterocycles. The molecule has 2 bridgehead atoms. The molecule has 8 heteroatoms. The van der Waals surface area contributed by atoms with Crippen LogP contribution in [0.4, 0.5) is 0 Å². The highest BCUT2D eigenvalue weighted by Crippen LogP contribution is 2.49. The lowest BCUT2D eigenvalue weighted by molar-refractivity contribution is 0.280. The summed E-state index contributed by atoms with van der Waals surface area (Å²) in [5, 5.41) is 0. The Bertz CT molecular complexity index is 832.